The molecule has 0 aliphatic carbocycles. The SMILES string of the molecule is CC(C)(C)[S@@](=O)N[C@@H](CCCCCC1(c2ncco2)OCCO1)c1ncc(-c2ccc3ncccc3c2)n1COCC[Si](C)(C)C.CC(C)(C)[S@@](=O)N[C@@H](CCCCCC1(c2ncco2)OCCO1)c1ncc(Br)n1COCC[Si](C)(C)C.CC1(C)OB(c2ccc3ncccc3c2)OC1(C)C.N[C@@H](CCCCCC(=O)c1ncco1)c1ncc(-c2ccc3ncccc3c2)[nH]1. The zero-order valence-electron chi connectivity index (χ0n) is 79.0. The molecule has 706 valence electrons. The van der Waals surface area contributed by atoms with Gasteiger partial charge >= 0.3 is 7.12 Å². The molecule has 15 rings (SSSR count). The topological polar surface area (TPSA) is 356 Å². The normalized spacial score (nSPS) is 16.6. The lowest BCUT2D eigenvalue weighted by atomic mass is 9.78. The number of nitrogens with zero attached hydrogens (tertiary/aromatic N) is 11. The molecular formula is C96H133BBrN15O14S2Si2. The smallest absolute Gasteiger partial charge is 0.444 e. The van der Waals surface area contributed by atoms with Crippen molar-refractivity contribution >= 4 is 105 Å². The molecule has 3 saturated heterocycles. The quantitative estimate of drug-likeness (QED) is 0.0157. The number of ketones is 1. The number of nitrogens with one attached hydrogen (secondary N) is 3. The van der Waals surface area contributed by atoms with Crippen LogP contribution < -0.4 is 20.6 Å². The molecule has 3 fully saturated rings. The number of fused-ring (bicyclic) bond motifs is 3. The number of carbonyl (C=O) groups is 1. The summed E-state index contributed by atoms with van der Waals surface area (Å²) >= 11 is 3.62. The summed E-state index contributed by atoms with van der Waals surface area (Å²) in [5.41, 5.74) is 13.6. The Morgan fingerprint density at radius 1 is 0.534 bits per heavy atom. The van der Waals surface area contributed by atoms with Crippen LogP contribution in [-0.2, 0) is 84.7 Å². The molecule has 3 aliphatic heterocycles. The van der Waals surface area contributed by atoms with Crippen molar-refractivity contribution in [2.75, 3.05) is 39.6 Å². The third-order valence-corrected chi connectivity index (χ3v) is 30.7. The number of hydrogen-bond donors (Lipinski definition) is 4. The number of unbranched alkanes of at least 4 members (excludes halogenated alkanes) is 6. The van der Waals surface area contributed by atoms with Crippen LogP contribution in [0.1, 0.15) is 224 Å². The molecule has 12 aromatic rings. The number of Topliss-reactive ketones (excluding diaryl/α,β-unsaturated/α-hetero) is 1. The van der Waals surface area contributed by atoms with E-state index in [1.165, 1.54) is 12.5 Å². The van der Waals surface area contributed by atoms with Gasteiger partial charge in [-0.2, -0.15) is 0 Å². The Morgan fingerprint density at radius 2 is 0.992 bits per heavy atom. The van der Waals surface area contributed by atoms with Crippen molar-refractivity contribution in [3.8, 4) is 22.5 Å². The van der Waals surface area contributed by atoms with E-state index in [9.17, 15) is 13.2 Å². The summed E-state index contributed by atoms with van der Waals surface area (Å²) in [6, 6.07) is 32.1. The van der Waals surface area contributed by atoms with Crippen LogP contribution in [0.3, 0.4) is 0 Å². The van der Waals surface area contributed by atoms with Crippen molar-refractivity contribution in [1.82, 2.24) is 68.4 Å². The Kier molecular flexibility index (Phi) is 35.9. The van der Waals surface area contributed by atoms with Gasteiger partial charge in [-0.1, -0.05) is 120 Å². The average Bonchev–Trinajstić information content (AvgIpc) is 1.61. The lowest BCUT2D eigenvalue weighted by Gasteiger charge is -2.32. The van der Waals surface area contributed by atoms with E-state index in [4.69, 9.17) is 61.7 Å². The van der Waals surface area contributed by atoms with Crippen molar-refractivity contribution in [2.24, 2.45) is 5.73 Å². The summed E-state index contributed by atoms with van der Waals surface area (Å²) in [7, 11) is -5.27. The van der Waals surface area contributed by atoms with Crippen LogP contribution in [0.2, 0.25) is 51.4 Å². The first-order chi connectivity index (χ1) is 62.5. The molecular weight excluding hydrogens is 1800 g/mol. The molecule has 131 heavy (non-hydrogen) atoms. The van der Waals surface area contributed by atoms with Gasteiger partial charge in [-0.3, -0.25) is 24.3 Å². The number of nitrogens with two attached hydrogens (primary N) is 1. The van der Waals surface area contributed by atoms with E-state index in [1.807, 2.05) is 119 Å². The van der Waals surface area contributed by atoms with E-state index in [0.29, 0.717) is 77.5 Å². The molecule has 0 amide bonds. The lowest BCUT2D eigenvalue weighted by molar-refractivity contribution is -0.187. The Balaban J connectivity index is 0.000000164. The van der Waals surface area contributed by atoms with Crippen LogP contribution in [0.5, 0.6) is 0 Å². The van der Waals surface area contributed by atoms with Crippen LogP contribution in [0.15, 0.2) is 183 Å². The molecule has 3 aromatic carbocycles. The van der Waals surface area contributed by atoms with Gasteiger partial charge in [-0.15, -0.1) is 0 Å². The van der Waals surface area contributed by atoms with Gasteiger partial charge in [0.25, 0.3) is 17.7 Å². The maximum absolute atomic E-state index is 13.5. The molecule has 9 aromatic heterocycles. The van der Waals surface area contributed by atoms with Crippen LogP contribution >= 0.6 is 15.9 Å². The fourth-order valence-electron chi connectivity index (χ4n) is 15.0. The van der Waals surface area contributed by atoms with E-state index in [0.717, 1.165) is 179 Å². The number of rotatable bonds is 41. The fourth-order valence-corrected chi connectivity index (χ4v) is 18.6. The highest BCUT2D eigenvalue weighted by Gasteiger charge is 2.52. The monoisotopic (exact) mass is 1930 g/mol. The molecule has 0 saturated carbocycles. The number of aromatic nitrogens is 12. The summed E-state index contributed by atoms with van der Waals surface area (Å²) in [5, 5.41) is 3.26. The summed E-state index contributed by atoms with van der Waals surface area (Å²) in [4.78, 5) is 54.9. The molecule has 5 atom stereocenters. The second kappa shape index (κ2) is 46.3. The van der Waals surface area contributed by atoms with Gasteiger partial charge in [-0.05, 0) is 195 Å². The molecule has 12 heterocycles. The highest BCUT2D eigenvalue weighted by Crippen LogP contribution is 2.41. The fraction of sp³-hybridized carbons (Fsp3) is 0.521. The van der Waals surface area contributed by atoms with Crippen molar-refractivity contribution in [1.29, 1.82) is 0 Å². The van der Waals surface area contributed by atoms with Gasteiger partial charge < -0.3 is 66.3 Å². The minimum absolute atomic E-state index is 0.0550. The first-order valence-corrected chi connectivity index (χ1v) is 56.2. The molecule has 0 spiro atoms. The van der Waals surface area contributed by atoms with E-state index >= 15 is 0 Å². The second-order valence-corrected chi connectivity index (χ2v) is 54.9. The Hall–Kier alpha value is -8.34. The van der Waals surface area contributed by atoms with Crippen molar-refractivity contribution < 1.29 is 64.2 Å². The van der Waals surface area contributed by atoms with Gasteiger partial charge in [0.15, 0.2) is 0 Å². The number of aromatic amines is 1. The maximum Gasteiger partial charge on any atom is 0.494 e. The molecule has 3 aliphatic rings. The minimum Gasteiger partial charge on any atom is -0.444 e. The zero-order chi connectivity index (χ0) is 93.6. The molecule has 0 bridgehead atoms. The minimum atomic E-state index is -1.29. The largest absolute Gasteiger partial charge is 0.494 e. The van der Waals surface area contributed by atoms with Crippen LogP contribution in [0.25, 0.3) is 55.2 Å². The highest BCUT2D eigenvalue weighted by molar-refractivity contribution is 9.10. The number of imidazole rings is 3. The zero-order valence-corrected chi connectivity index (χ0v) is 84.2. The van der Waals surface area contributed by atoms with Gasteiger partial charge in [0.1, 0.15) is 54.3 Å². The molecule has 5 N–H and O–H groups in total. The third-order valence-electron chi connectivity index (χ3n) is 23.4. The van der Waals surface area contributed by atoms with E-state index < -0.39 is 54.4 Å². The first kappa shape index (κ1) is 102. The van der Waals surface area contributed by atoms with Gasteiger partial charge in [0.05, 0.1) is 152 Å². The van der Waals surface area contributed by atoms with Crippen molar-refractivity contribution in [2.45, 2.75) is 281 Å². The van der Waals surface area contributed by atoms with Crippen LogP contribution in [0.4, 0.5) is 0 Å². The van der Waals surface area contributed by atoms with Crippen molar-refractivity contribution in [3.63, 3.8) is 0 Å². The van der Waals surface area contributed by atoms with E-state index in [-0.39, 0.29) is 52.9 Å². The number of benzene rings is 3. The number of oxazole rings is 3. The predicted octanol–water partition coefficient (Wildman–Crippen LogP) is 20.2. The molecule has 0 unspecified atom stereocenters. The standard InChI is InChI=1S/C34H49N5O5SSi.C25H43BrN4O5SSi.C22H23N5O2.C15H18BNO2/c1-33(2,3)45(40)38-29(12-8-7-9-15-34(43-19-20-44-34)32-36-17-18-42-32)31-37-24-30(39(31)25-41-21-22-46(4,5)6)27-13-14-28-26(23-27)11-10-16-35-28;1-24(2,3)36(31)29-20(22-28-18-21(26)30(22)19-32-16-17-37(4,5)6)10-8-7-9-11-25(34-14-15-35-25)23-27-12-13-33-23;23-17(6-2-1-3-7-20(28)22-25-11-12-29-22)21-26-14-19(27-21)16-8-9-18-15(13-16)5-4-10-24-18;1-14(2)15(3,4)19-16(18-14)12-7-8-13-11(10-12)6-5-9-17-13/h10-11,13-14,16-18,23-24,29,38H,7-9,12,15,19-22,25H2,1-6H3;12-13,18,20,29H,7-11,14-17,19H2,1-6H3;4-5,8-14,17H,1-3,6-7,23H2,(H,26,27);5-10H,1-4H3/t29-,45+;20-,36+;17-;/m000./s1. The van der Waals surface area contributed by atoms with Gasteiger partial charge in [0, 0.05) is 89.1 Å². The third kappa shape index (κ3) is 28.6. The number of pyridine rings is 3. The van der Waals surface area contributed by atoms with Gasteiger partial charge in [-0.25, -0.2) is 47.8 Å². The number of H-pyrrole nitrogens is 1. The summed E-state index contributed by atoms with van der Waals surface area (Å²) < 4.78 is 102. The van der Waals surface area contributed by atoms with Crippen LogP contribution in [0, 0.1) is 0 Å². The van der Waals surface area contributed by atoms with Crippen molar-refractivity contribution in [3.05, 3.63) is 205 Å². The Labute approximate surface area is 786 Å². The molecule has 0 radical (unpaired) electrons. The average molecular weight is 1930 g/mol. The molecule has 35 heteroatoms. The first-order valence-electron chi connectivity index (χ1n) is 45.7. The summed E-state index contributed by atoms with van der Waals surface area (Å²) in [5.74, 6) is 1.72. The number of halogens is 1. The number of hydrogen-bond acceptors (Lipinski definition) is 24. The highest BCUT2D eigenvalue weighted by atomic mass is 79.9. The maximum atomic E-state index is 13.5. The number of ether oxygens (including phenoxy) is 6. The van der Waals surface area contributed by atoms with E-state index in [1.54, 1.807) is 43.5 Å². The summed E-state index contributed by atoms with van der Waals surface area (Å²) in [6.07, 6.45) is 32.3. The predicted molar refractivity (Wildman–Crippen MR) is 523 cm³/mol. The lowest BCUT2D eigenvalue weighted by Crippen LogP contribution is -2.41. The van der Waals surface area contributed by atoms with E-state index in [2.05, 4.69) is 178 Å². The number of carbonyl (C=O) groups excluding carboxylic acids is 1. The van der Waals surface area contributed by atoms with Gasteiger partial charge in [0.2, 0.25) is 17.4 Å². The summed E-state index contributed by atoms with van der Waals surface area (Å²) in [6.45, 7) is 38.5. The second-order valence-electron chi connectivity index (χ2n) is 38.9. The Morgan fingerprint density at radius 3 is 1.49 bits per heavy atom. The van der Waals surface area contributed by atoms with Crippen LogP contribution in [-0.4, -0.2) is 157 Å². The molecule has 29 nitrogen and oxygen atoms in total. The Bertz CT molecular complexity index is 5590.